The molecule has 0 spiro atoms. The lowest BCUT2D eigenvalue weighted by molar-refractivity contribution is -0.144. The minimum Gasteiger partial charge on any atom is -0.465 e. The lowest BCUT2D eigenvalue weighted by atomic mass is 9.92. The van der Waals surface area contributed by atoms with Gasteiger partial charge in [-0.2, -0.15) is 0 Å². The number of unbranched alkanes of at least 4 members (excludes halogenated alkanes) is 13. The van der Waals surface area contributed by atoms with Crippen molar-refractivity contribution in [2.75, 3.05) is 27.2 Å². The number of amides is 1. The van der Waals surface area contributed by atoms with E-state index in [1.807, 2.05) is 51.4 Å². The summed E-state index contributed by atoms with van der Waals surface area (Å²) in [5.41, 5.74) is 6.43. The molecular weight excluding hydrogens is 488 g/mol. The number of Topliss-reactive ketones (excluding diaryl/α,β-unsaturated/α-hetero) is 1. The van der Waals surface area contributed by atoms with Crippen LogP contribution in [0.15, 0.2) is 30.3 Å². The topological polar surface area (TPSA) is 89.7 Å². The van der Waals surface area contributed by atoms with Gasteiger partial charge >= 0.3 is 5.97 Å². The number of hydrogen-bond acceptors (Lipinski definition) is 5. The molecule has 0 aliphatic heterocycles. The summed E-state index contributed by atoms with van der Waals surface area (Å²) in [4.78, 5) is 36.7. The molecule has 2 N–H and O–H groups in total. The summed E-state index contributed by atoms with van der Waals surface area (Å²) in [5.74, 6) is -1.29. The number of rotatable bonds is 23. The van der Waals surface area contributed by atoms with E-state index in [0.717, 1.165) is 24.8 Å². The zero-order chi connectivity index (χ0) is 29.1. The molecular formula is C33H58N2O4. The van der Waals surface area contributed by atoms with Crippen LogP contribution in [0.4, 0.5) is 0 Å². The molecule has 1 amide bonds. The van der Waals surface area contributed by atoms with Crippen LogP contribution in [-0.4, -0.2) is 49.8 Å². The number of likely N-dealkylation sites (N-methyl/N-ethyl adjacent to an activating group) is 1. The molecule has 1 unspecified atom stereocenters. The Labute approximate surface area is 239 Å². The Bertz CT molecular complexity index is 736. The van der Waals surface area contributed by atoms with E-state index in [-0.39, 0.29) is 11.8 Å². The number of benzene rings is 1. The summed E-state index contributed by atoms with van der Waals surface area (Å²) in [5, 5.41) is 0. The smallest absolute Gasteiger partial charge is 0.320 e. The van der Waals surface area contributed by atoms with Gasteiger partial charge in [0.05, 0.1) is 19.1 Å². The molecule has 1 aromatic carbocycles. The fraction of sp³-hybridized carbons (Fsp3) is 0.727. The molecule has 0 radical (unpaired) electrons. The van der Waals surface area contributed by atoms with Crippen LogP contribution in [0.5, 0.6) is 0 Å². The first-order valence-corrected chi connectivity index (χ1v) is 15.5. The molecule has 0 heterocycles. The molecule has 0 bridgehead atoms. The van der Waals surface area contributed by atoms with Crippen molar-refractivity contribution in [1.82, 2.24) is 4.90 Å². The first-order chi connectivity index (χ1) is 18.8. The fourth-order valence-electron chi connectivity index (χ4n) is 4.44. The van der Waals surface area contributed by atoms with E-state index in [0.29, 0.717) is 26.0 Å². The molecule has 0 aromatic heterocycles. The standard InChI is InChI=1S/C26H43NO2.C7H15NO2/c1-2-3-4-5-6-7-8-9-10-11-12-13-14-18-21-24(26(27)29)25(28)22-23-19-16-15-17-20-23;1-4-5-10-7(9)6-8(2)3/h15-17,19-20,24H,2-14,18,21-22H2,1H3,(H2,27,29);4-6H2,1-3H3. The van der Waals surface area contributed by atoms with Gasteiger partial charge in [0.2, 0.25) is 5.91 Å². The monoisotopic (exact) mass is 546 g/mol. The Balaban J connectivity index is 0.00000122. The molecule has 224 valence electrons. The van der Waals surface area contributed by atoms with Crippen molar-refractivity contribution in [3.05, 3.63) is 35.9 Å². The number of nitrogens with zero attached hydrogens (tertiary/aromatic N) is 1. The Morgan fingerprint density at radius 2 is 1.23 bits per heavy atom. The van der Waals surface area contributed by atoms with E-state index in [9.17, 15) is 14.4 Å². The van der Waals surface area contributed by atoms with Gasteiger partial charge in [0.25, 0.3) is 0 Å². The summed E-state index contributed by atoms with van der Waals surface area (Å²) in [6.07, 6.45) is 20.0. The Kier molecular flexibility index (Phi) is 24.6. The SMILES string of the molecule is CCCCCCCCCCCCCCCCC(C(N)=O)C(=O)Cc1ccccc1.CCCOC(=O)CN(C)C. The molecule has 0 aliphatic rings. The highest BCUT2D eigenvalue weighted by Gasteiger charge is 2.23. The third kappa shape index (κ3) is 23.4. The van der Waals surface area contributed by atoms with E-state index < -0.39 is 11.8 Å². The summed E-state index contributed by atoms with van der Waals surface area (Å²) >= 11 is 0. The van der Waals surface area contributed by atoms with Crippen molar-refractivity contribution in [3.63, 3.8) is 0 Å². The molecule has 0 saturated heterocycles. The lowest BCUT2D eigenvalue weighted by Gasteiger charge is -2.12. The number of esters is 1. The van der Waals surface area contributed by atoms with E-state index in [1.165, 1.54) is 77.0 Å². The van der Waals surface area contributed by atoms with E-state index in [4.69, 9.17) is 10.5 Å². The average Bonchev–Trinajstić information content (AvgIpc) is 2.90. The summed E-state index contributed by atoms with van der Waals surface area (Å²) in [6, 6.07) is 9.59. The largest absolute Gasteiger partial charge is 0.465 e. The van der Waals surface area contributed by atoms with Gasteiger partial charge in [-0.1, -0.05) is 134 Å². The molecule has 39 heavy (non-hydrogen) atoms. The van der Waals surface area contributed by atoms with E-state index in [2.05, 4.69) is 6.92 Å². The molecule has 1 aromatic rings. The highest BCUT2D eigenvalue weighted by atomic mass is 16.5. The van der Waals surface area contributed by atoms with Gasteiger partial charge in [-0.25, -0.2) is 0 Å². The molecule has 1 atom stereocenters. The van der Waals surface area contributed by atoms with Crippen LogP contribution in [-0.2, 0) is 25.5 Å². The van der Waals surface area contributed by atoms with Gasteiger partial charge in [-0.15, -0.1) is 0 Å². The predicted octanol–water partition coefficient (Wildman–Crippen LogP) is 7.27. The number of carbonyl (C=O) groups excluding carboxylic acids is 3. The summed E-state index contributed by atoms with van der Waals surface area (Å²) in [7, 11) is 3.68. The third-order valence-corrected chi connectivity index (χ3v) is 6.71. The van der Waals surface area contributed by atoms with Crippen LogP contribution in [0.3, 0.4) is 0 Å². The fourth-order valence-corrected chi connectivity index (χ4v) is 4.44. The maximum absolute atomic E-state index is 12.4. The number of ketones is 1. The van der Waals surface area contributed by atoms with Gasteiger partial charge in [-0.3, -0.25) is 19.3 Å². The van der Waals surface area contributed by atoms with Crippen LogP contribution < -0.4 is 5.73 Å². The van der Waals surface area contributed by atoms with Crippen molar-refractivity contribution in [3.8, 4) is 0 Å². The van der Waals surface area contributed by atoms with Crippen molar-refractivity contribution < 1.29 is 19.1 Å². The zero-order valence-corrected chi connectivity index (χ0v) is 25.6. The van der Waals surface area contributed by atoms with Crippen molar-refractivity contribution in [2.24, 2.45) is 11.7 Å². The number of nitrogens with two attached hydrogens (primary N) is 1. The van der Waals surface area contributed by atoms with Gasteiger partial charge in [0, 0.05) is 6.42 Å². The highest BCUT2D eigenvalue weighted by molar-refractivity contribution is 6.01. The maximum Gasteiger partial charge on any atom is 0.320 e. The zero-order valence-electron chi connectivity index (χ0n) is 25.6. The summed E-state index contributed by atoms with van der Waals surface area (Å²) in [6.45, 7) is 5.15. The highest BCUT2D eigenvalue weighted by Crippen LogP contribution is 2.17. The Morgan fingerprint density at radius 3 is 1.67 bits per heavy atom. The van der Waals surface area contributed by atoms with E-state index >= 15 is 0 Å². The second kappa shape index (κ2) is 26.0. The van der Waals surface area contributed by atoms with Crippen LogP contribution in [0.2, 0.25) is 0 Å². The first-order valence-electron chi connectivity index (χ1n) is 15.5. The normalized spacial score (nSPS) is 11.5. The van der Waals surface area contributed by atoms with Crippen LogP contribution in [0.1, 0.15) is 122 Å². The second-order valence-electron chi connectivity index (χ2n) is 10.9. The van der Waals surface area contributed by atoms with Crippen molar-refractivity contribution >= 4 is 17.7 Å². The Morgan fingerprint density at radius 1 is 0.744 bits per heavy atom. The molecule has 0 aliphatic carbocycles. The molecule has 0 fully saturated rings. The molecule has 0 saturated carbocycles. The number of carbonyl (C=O) groups is 3. The van der Waals surface area contributed by atoms with Crippen LogP contribution in [0.25, 0.3) is 0 Å². The van der Waals surface area contributed by atoms with Gasteiger partial charge < -0.3 is 10.5 Å². The van der Waals surface area contributed by atoms with Gasteiger partial charge in [0.15, 0.2) is 0 Å². The minimum atomic E-state index is -0.632. The third-order valence-electron chi connectivity index (χ3n) is 6.71. The van der Waals surface area contributed by atoms with Crippen molar-refractivity contribution in [2.45, 2.75) is 123 Å². The Hall–Kier alpha value is -2.21. The van der Waals surface area contributed by atoms with Crippen LogP contribution in [0, 0.1) is 5.92 Å². The van der Waals surface area contributed by atoms with Gasteiger partial charge in [0.1, 0.15) is 5.78 Å². The molecule has 6 nitrogen and oxygen atoms in total. The second-order valence-corrected chi connectivity index (χ2v) is 10.9. The number of hydrogen-bond donors (Lipinski definition) is 1. The predicted molar refractivity (Wildman–Crippen MR) is 163 cm³/mol. The van der Waals surface area contributed by atoms with Gasteiger partial charge in [-0.05, 0) is 32.5 Å². The van der Waals surface area contributed by atoms with Crippen molar-refractivity contribution in [1.29, 1.82) is 0 Å². The maximum atomic E-state index is 12.4. The number of ether oxygens (including phenoxy) is 1. The quantitative estimate of drug-likeness (QED) is 0.0885. The summed E-state index contributed by atoms with van der Waals surface area (Å²) < 4.78 is 4.82. The van der Waals surface area contributed by atoms with Crippen LogP contribution >= 0.6 is 0 Å². The molecule has 6 heteroatoms. The first kappa shape index (κ1) is 36.8. The average molecular weight is 547 g/mol. The minimum absolute atomic E-state index is 0.0432. The lowest BCUT2D eigenvalue weighted by Crippen LogP contribution is -2.31. The molecule has 1 rings (SSSR count). The van der Waals surface area contributed by atoms with E-state index in [1.54, 1.807) is 4.90 Å². The number of primary amides is 1.